The average molecular weight is 226 g/mol. The van der Waals surface area contributed by atoms with Gasteiger partial charge >= 0.3 is 0 Å². The van der Waals surface area contributed by atoms with E-state index in [9.17, 15) is 0 Å². The average Bonchev–Trinajstić information content (AvgIpc) is 2.64. The zero-order valence-corrected chi connectivity index (χ0v) is 9.02. The standard InChI is InChI=1S/C11H9Cl2N/c12-10-4-1-5-11(13)9(10)7-8-3-2-6-14-8/h1-2,4-6H,3,7H2. The summed E-state index contributed by atoms with van der Waals surface area (Å²) in [5.41, 5.74) is 2.08. The maximum Gasteiger partial charge on any atom is 0.0456 e. The molecule has 0 unspecified atom stereocenters. The van der Waals surface area contributed by atoms with E-state index in [-0.39, 0.29) is 0 Å². The van der Waals surface area contributed by atoms with Crippen LogP contribution in [0.25, 0.3) is 0 Å². The van der Waals surface area contributed by atoms with E-state index in [1.54, 1.807) is 0 Å². The molecule has 0 aliphatic carbocycles. The lowest BCUT2D eigenvalue weighted by Crippen LogP contribution is -2.00. The van der Waals surface area contributed by atoms with Crippen LogP contribution in [0, 0.1) is 0 Å². The maximum atomic E-state index is 6.05. The molecule has 0 fully saturated rings. The molecule has 1 aromatic rings. The molecule has 0 atom stereocenters. The molecule has 14 heavy (non-hydrogen) atoms. The van der Waals surface area contributed by atoms with Crippen LogP contribution in [-0.2, 0) is 6.42 Å². The number of allylic oxidation sites excluding steroid dienone is 1. The highest BCUT2D eigenvalue weighted by molar-refractivity contribution is 6.36. The Morgan fingerprint density at radius 2 is 1.93 bits per heavy atom. The Balaban J connectivity index is 2.24. The van der Waals surface area contributed by atoms with Gasteiger partial charge in [-0.1, -0.05) is 35.3 Å². The molecule has 72 valence electrons. The van der Waals surface area contributed by atoms with Crippen molar-refractivity contribution >= 4 is 28.9 Å². The molecule has 0 spiro atoms. The van der Waals surface area contributed by atoms with Crippen molar-refractivity contribution < 1.29 is 0 Å². The topological polar surface area (TPSA) is 12.4 Å². The molecule has 1 aliphatic rings. The summed E-state index contributed by atoms with van der Waals surface area (Å²) >= 11 is 12.1. The zero-order valence-electron chi connectivity index (χ0n) is 7.50. The fourth-order valence-corrected chi connectivity index (χ4v) is 1.95. The molecule has 0 N–H and O–H groups in total. The SMILES string of the molecule is Clc1cccc(Cl)c1CC1=NC=CC1. The van der Waals surface area contributed by atoms with Crippen LogP contribution in [-0.4, -0.2) is 5.71 Å². The van der Waals surface area contributed by atoms with Crippen molar-refractivity contribution in [2.75, 3.05) is 0 Å². The minimum absolute atomic E-state index is 0.715. The first-order valence-corrected chi connectivity index (χ1v) is 5.16. The van der Waals surface area contributed by atoms with Gasteiger partial charge in [-0.2, -0.15) is 0 Å². The van der Waals surface area contributed by atoms with Crippen LogP contribution in [0.5, 0.6) is 0 Å². The van der Waals surface area contributed by atoms with Gasteiger partial charge in [0.15, 0.2) is 0 Å². The summed E-state index contributed by atoms with van der Waals surface area (Å²) in [7, 11) is 0. The predicted molar refractivity (Wildman–Crippen MR) is 61.4 cm³/mol. The number of benzene rings is 1. The second-order valence-electron chi connectivity index (χ2n) is 3.16. The van der Waals surface area contributed by atoms with Gasteiger partial charge in [-0.05, 0) is 17.7 Å². The van der Waals surface area contributed by atoms with E-state index in [4.69, 9.17) is 23.2 Å². The summed E-state index contributed by atoms with van der Waals surface area (Å²) < 4.78 is 0. The Kier molecular flexibility index (Phi) is 2.90. The second kappa shape index (κ2) is 4.16. The highest BCUT2D eigenvalue weighted by atomic mass is 35.5. The first-order valence-electron chi connectivity index (χ1n) is 4.41. The molecule has 1 aromatic carbocycles. The van der Waals surface area contributed by atoms with Crippen molar-refractivity contribution in [3.8, 4) is 0 Å². The van der Waals surface area contributed by atoms with Gasteiger partial charge in [0.25, 0.3) is 0 Å². The van der Waals surface area contributed by atoms with Crippen LogP contribution in [0.1, 0.15) is 12.0 Å². The fraction of sp³-hybridized carbons (Fsp3) is 0.182. The Morgan fingerprint density at radius 3 is 2.50 bits per heavy atom. The maximum absolute atomic E-state index is 6.05. The summed E-state index contributed by atoms with van der Waals surface area (Å²) in [5, 5.41) is 1.43. The zero-order chi connectivity index (χ0) is 9.97. The number of nitrogens with zero attached hydrogens (tertiary/aromatic N) is 1. The van der Waals surface area contributed by atoms with Crippen LogP contribution < -0.4 is 0 Å². The van der Waals surface area contributed by atoms with Crippen LogP contribution in [0.4, 0.5) is 0 Å². The molecule has 0 aromatic heterocycles. The summed E-state index contributed by atoms with van der Waals surface area (Å²) in [5.74, 6) is 0. The van der Waals surface area contributed by atoms with Gasteiger partial charge in [-0.25, -0.2) is 0 Å². The van der Waals surface area contributed by atoms with Crippen LogP contribution in [0.15, 0.2) is 35.5 Å². The smallest absolute Gasteiger partial charge is 0.0456 e. The first-order chi connectivity index (χ1) is 6.77. The first kappa shape index (κ1) is 9.75. The Bertz CT molecular complexity index is 387. The molecule has 1 nitrogen and oxygen atoms in total. The van der Waals surface area contributed by atoms with Crippen LogP contribution >= 0.6 is 23.2 Å². The normalized spacial score (nSPS) is 14.6. The second-order valence-corrected chi connectivity index (χ2v) is 3.98. The minimum atomic E-state index is 0.715. The Labute approximate surface area is 93.1 Å². The largest absolute Gasteiger partial charge is 0.265 e. The van der Waals surface area contributed by atoms with Gasteiger partial charge in [0.2, 0.25) is 0 Å². The lowest BCUT2D eigenvalue weighted by Gasteiger charge is -2.06. The van der Waals surface area contributed by atoms with Crippen LogP contribution in [0.2, 0.25) is 10.0 Å². The lowest BCUT2D eigenvalue weighted by atomic mass is 10.1. The Hall–Kier alpha value is -0.790. The summed E-state index contributed by atoms with van der Waals surface area (Å²) in [6.07, 6.45) is 5.49. The van der Waals surface area contributed by atoms with E-state index in [1.165, 1.54) is 0 Å². The van der Waals surface area contributed by atoms with Crippen molar-refractivity contribution in [1.82, 2.24) is 0 Å². The third-order valence-corrected chi connectivity index (χ3v) is 2.87. The molecule has 0 bridgehead atoms. The van der Waals surface area contributed by atoms with Crippen molar-refractivity contribution in [2.45, 2.75) is 12.8 Å². The van der Waals surface area contributed by atoms with Crippen molar-refractivity contribution in [3.63, 3.8) is 0 Å². The highest BCUT2D eigenvalue weighted by Gasteiger charge is 2.09. The molecule has 2 rings (SSSR count). The van der Waals surface area contributed by atoms with Gasteiger partial charge in [0.1, 0.15) is 0 Å². The molecular formula is C11H9Cl2N. The van der Waals surface area contributed by atoms with Gasteiger partial charge < -0.3 is 0 Å². The highest BCUT2D eigenvalue weighted by Crippen LogP contribution is 2.25. The summed E-state index contributed by atoms with van der Waals surface area (Å²) in [4.78, 5) is 4.23. The molecule has 1 heterocycles. The van der Waals surface area contributed by atoms with E-state index < -0.39 is 0 Å². The van der Waals surface area contributed by atoms with Crippen LogP contribution in [0.3, 0.4) is 0 Å². The third-order valence-electron chi connectivity index (χ3n) is 2.16. The summed E-state index contributed by atoms with van der Waals surface area (Å²) in [6, 6.07) is 5.56. The number of rotatable bonds is 2. The van der Waals surface area contributed by atoms with Crippen molar-refractivity contribution in [2.24, 2.45) is 4.99 Å². The third kappa shape index (κ3) is 1.99. The lowest BCUT2D eigenvalue weighted by molar-refractivity contribution is 1.27. The molecule has 0 amide bonds. The molecular weight excluding hydrogens is 217 g/mol. The fourth-order valence-electron chi connectivity index (χ4n) is 1.42. The van der Waals surface area contributed by atoms with Crippen molar-refractivity contribution in [1.29, 1.82) is 0 Å². The number of hydrogen-bond donors (Lipinski definition) is 0. The van der Waals surface area contributed by atoms with Gasteiger partial charge in [-0.15, -0.1) is 0 Å². The number of aliphatic imine (C=N–C) groups is 1. The molecule has 0 saturated heterocycles. The number of hydrogen-bond acceptors (Lipinski definition) is 1. The monoisotopic (exact) mass is 225 g/mol. The van der Waals surface area contributed by atoms with Crippen molar-refractivity contribution in [3.05, 3.63) is 46.1 Å². The van der Waals surface area contributed by atoms with E-state index in [2.05, 4.69) is 4.99 Å². The van der Waals surface area contributed by atoms with E-state index >= 15 is 0 Å². The quantitative estimate of drug-likeness (QED) is 0.725. The van der Waals surface area contributed by atoms with E-state index in [0.717, 1.165) is 24.1 Å². The molecule has 1 aliphatic heterocycles. The van der Waals surface area contributed by atoms with Gasteiger partial charge in [0, 0.05) is 34.8 Å². The molecule has 0 saturated carbocycles. The number of halogens is 2. The predicted octanol–water partition coefficient (Wildman–Crippen LogP) is 3.89. The van der Waals surface area contributed by atoms with E-state index in [1.807, 2.05) is 30.5 Å². The molecule has 3 heteroatoms. The van der Waals surface area contributed by atoms with Gasteiger partial charge in [0.05, 0.1) is 0 Å². The van der Waals surface area contributed by atoms with Gasteiger partial charge in [-0.3, -0.25) is 4.99 Å². The van der Waals surface area contributed by atoms with E-state index in [0.29, 0.717) is 10.0 Å². The Morgan fingerprint density at radius 1 is 1.21 bits per heavy atom. The summed E-state index contributed by atoms with van der Waals surface area (Å²) in [6.45, 7) is 0. The molecule has 0 radical (unpaired) electrons. The minimum Gasteiger partial charge on any atom is -0.265 e.